The summed E-state index contributed by atoms with van der Waals surface area (Å²) in [6, 6.07) is 17.7. The van der Waals surface area contributed by atoms with Gasteiger partial charge in [0.2, 0.25) is 11.6 Å². The van der Waals surface area contributed by atoms with Crippen LogP contribution in [0.25, 0.3) is 10.9 Å². The monoisotopic (exact) mass is 790 g/mol. The number of aromatic amines is 1. The minimum Gasteiger partial charge on any atom is -0.744 e. The number of hydrogen-bond acceptors (Lipinski definition) is 11. The average molecular weight is 791 g/mol. The van der Waals surface area contributed by atoms with Gasteiger partial charge in [0.15, 0.2) is 5.71 Å². The van der Waals surface area contributed by atoms with Gasteiger partial charge in [0, 0.05) is 59.6 Å². The number of rotatable bonds is 11. The van der Waals surface area contributed by atoms with Crippen LogP contribution in [0.15, 0.2) is 103 Å². The molecular formula is C39H42N4O10S2. The van der Waals surface area contributed by atoms with E-state index in [9.17, 15) is 27.4 Å². The van der Waals surface area contributed by atoms with Gasteiger partial charge in [-0.1, -0.05) is 38.1 Å². The van der Waals surface area contributed by atoms with Crippen LogP contribution in [0.2, 0.25) is 0 Å². The smallest absolute Gasteiger partial charge is 0.425 e. The fourth-order valence-corrected chi connectivity index (χ4v) is 7.89. The summed E-state index contributed by atoms with van der Waals surface area (Å²) in [5.41, 5.74) is 5.45. The second kappa shape index (κ2) is 16.1. The Morgan fingerprint density at radius 2 is 1.67 bits per heavy atom. The molecule has 2 aliphatic rings. The number of anilines is 2. The number of likely N-dealkylation sites (N-methyl/N-ethyl adjacent to an activating group) is 1. The van der Waals surface area contributed by atoms with Gasteiger partial charge in [0.25, 0.3) is 0 Å². The van der Waals surface area contributed by atoms with Crippen molar-refractivity contribution in [2.24, 2.45) is 0 Å². The molecule has 0 aliphatic carbocycles. The predicted molar refractivity (Wildman–Crippen MR) is 207 cm³/mol. The summed E-state index contributed by atoms with van der Waals surface area (Å²) in [7, 11) is -7.75. The number of allylic oxidation sites excluding steroid dienone is 4. The van der Waals surface area contributed by atoms with E-state index in [0.717, 1.165) is 36.3 Å². The average Bonchev–Trinajstić information content (AvgIpc) is 3.45. The molecule has 1 aromatic heterocycles. The van der Waals surface area contributed by atoms with Gasteiger partial charge in [0.05, 0.1) is 21.2 Å². The molecule has 0 atom stereocenters. The Hall–Kier alpha value is -5.45. The van der Waals surface area contributed by atoms with E-state index in [-0.39, 0.29) is 28.0 Å². The van der Waals surface area contributed by atoms with Crippen molar-refractivity contribution < 1.29 is 39.4 Å². The Balaban J connectivity index is 0.00000138. The molecule has 2 N–H and O–H groups in total. The lowest BCUT2D eigenvalue weighted by Crippen LogP contribution is -2.28. The van der Waals surface area contributed by atoms with E-state index >= 15 is 0 Å². The molecule has 0 radical (unpaired) electrons. The topological polar surface area (TPSA) is 207 Å². The number of benzene rings is 3. The zero-order chi connectivity index (χ0) is 40.3. The highest BCUT2D eigenvalue weighted by Crippen LogP contribution is 2.47. The van der Waals surface area contributed by atoms with E-state index < -0.39 is 37.5 Å². The van der Waals surface area contributed by atoms with Gasteiger partial charge in [-0.05, 0) is 81.7 Å². The van der Waals surface area contributed by atoms with Crippen molar-refractivity contribution in [1.82, 2.24) is 4.98 Å². The van der Waals surface area contributed by atoms with Crippen LogP contribution in [-0.4, -0.2) is 59.9 Å². The summed E-state index contributed by atoms with van der Waals surface area (Å²) >= 11 is 0. The predicted octanol–water partition coefficient (Wildman–Crippen LogP) is 5.21. The number of carbonyl (C=O) groups is 1. The number of carbonyl (C=O) groups excluding carboxylic acids is 1. The Morgan fingerprint density at radius 1 is 0.964 bits per heavy atom. The Bertz CT molecular complexity index is 2600. The number of nitrogens with one attached hydrogen (secondary N) is 2. The van der Waals surface area contributed by atoms with Crippen molar-refractivity contribution in [3.8, 4) is 0 Å². The summed E-state index contributed by atoms with van der Waals surface area (Å²) in [5.74, 6) is -1.05. The molecule has 0 spiro atoms. The van der Waals surface area contributed by atoms with Crippen molar-refractivity contribution in [2.75, 3.05) is 23.3 Å². The maximum absolute atomic E-state index is 12.7. The summed E-state index contributed by atoms with van der Waals surface area (Å²) in [4.78, 5) is 40.7. The Labute approximate surface area is 319 Å². The second-order valence-corrected chi connectivity index (χ2v) is 16.0. The maximum Gasteiger partial charge on any atom is 0.425 e. The minimum atomic E-state index is -4.64. The lowest BCUT2D eigenvalue weighted by atomic mass is 9.81. The SMILES string of the molecule is CCN1/C(=C\C=C\C2=[N+](CCCCCC(=O)Nc3ccc4[nH]c(=O)oc(=O)c4c3)c3ccc(S(=O)(=O)[O-])cc3C2(C)C)C(C)(C)c2ccccc21.O=S(=O)=O. The lowest BCUT2D eigenvalue weighted by molar-refractivity contribution is -0.438. The van der Waals surface area contributed by atoms with Crippen LogP contribution < -0.4 is 21.6 Å². The van der Waals surface area contributed by atoms with Crippen LogP contribution in [0.1, 0.15) is 71.4 Å². The number of para-hydroxylation sites is 1. The third kappa shape index (κ3) is 8.77. The summed E-state index contributed by atoms with van der Waals surface area (Å²) < 4.78 is 68.0. The number of fused-ring (bicyclic) bond motifs is 3. The van der Waals surface area contributed by atoms with Crippen molar-refractivity contribution in [2.45, 2.75) is 76.0 Å². The van der Waals surface area contributed by atoms with Crippen LogP contribution in [0.5, 0.6) is 0 Å². The maximum atomic E-state index is 12.7. The number of aromatic nitrogens is 1. The number of H-pyrrole nitrogens is 1. The van der Waals surface area contributed by atoms with Gasteiger partial charge >= 0.3 is 22.0 Å². The first-order valence-corrected chi connectivity index (χ1v) is 20.0. The normalized spacial score (nSPS) is 16.3. The Morgan fingerprint density at radius 3 is 2.36 bits per heavy atom. The lowest BCUT2D eigenvalue weighted by Gasteiger charge is -2.25. The van der Waals surface area contributed by atoms with E-state index in [1.54, 1.807) is 18.2 Å². The molecule has 0 unspecified atom stereocenters. The highest BCUT2D eigenvalue weighted by molar-refractivity contribution is 7.85. The summed E-state index contributed by atoms with van der Waals surface area (Å²) in [5, 5.41) is 2.97. The van der Waals surface area contributed by atoms with Crippen molar-refractivity contribution in [3.05, 3.63) is 117 Å². The van der Waals surface area contributed by atoms with E-state index in [1.807, 2.05) is 13.8 Å². The number of amides is 1. The molecule has 16 heteroatoms. The molecule has 3 heterocycles. The molecule has 2 aliphatic heterocycles. The minimum absolute atomic E-state index is 0.165. The molecule has 55 heavy (non-hydrogen) atoms. The fourth-order valence-electron chi connectivity index (χ4n) is 7.39. The summed E-state index contributed by atoms with van der Waals surface area (Å²) in [6.07, 6.45) is 8.67. The van der Waals surface area contributed by atoms with Crippen LogP contribution >= 0.6 is 0 Å². The molecular weight excluding hydrogens is 749 g/mol. The standard InChI is InChI=1S/C39H42N4O7S.O3S/c1-6-42-31-14-10-9-13-28(31)38(2,3)33(42)15-12-16-34-39(4,5)29-24-26(51(47,48)49)19-21-32(29)43(34)22-11-7-8-17-35(44)40-25-18-20-30-27(23-25)36(45)50-37(46)41-30;1-4(2)3/h9-10,12-16,18-21,23-24H,6-8,11,17,22H2,1-5H3,(H2-,40,41,44,45,46,47,48,49);. The molecule has 6 rings (SSSR count). The van der Waals surface area contributed by atoms with Gasteiger partial charge in [0.1, 0.15) is 16.7 Å². The molecule has 14 nitrogen and oxygen atoms in total. The Kier molecular flexibility index (Phi) is 11.9. The first-order valence-electron chi connectivity index (χ1n) is 17.6. The fraction of sp³-hybridized carbons (Fsp3) is 0.333. The van der Waals surface area contributed by atoms with E-state index in [1.165, 1.54) is 35.1 Å². The molecule has 0 saturated heterocycles. The van der Waals surface area contributed by atoms with Gasteiger partial charge in [-0.3, -0.25) is 9.78 Å². The molecule has 0 bridgehead atoms. The van der Waals surface area contributed by atoms with E-state index in [4.69, 9.17) is 12.6 Å². The van der Waals surface area contributed by atoms with Crippen LogP contribution in [-0.2, 0) is 36.4 Å². The van der Waals surface area contributed by atoms with Gasteiger partial charge in [-0.15, -0.1) is 12.6 Å². The van der Waals surface area contributed by atoms with Crippen molar-refractivity contribution in [3.63, 3.8) is 0 Å². The quantitative estimate of drug-likeness (QED) is 0.115. The highest BCUT2D eigenvalue weighted by atomic mass is 32.2. The molecule has 3 aromatic carbocycles. The van der Waals surface area contributed by atoms with Crippen LogP contribution in [0, 0.1) is 0 Å². The highest BCUT2D eigenvalue weighted by Gasteiger charge is 2.45. The molecule has 4 aromatic rings. The number of hydrogen-bond donors (Lipinski definition) is 2. The largest absolute Gasteiger partial charge is 0.744 e. The van der Waals surface area contributed by atoms with Gasteiger partial charge in [-0.2, -0.15) is 4.58 Å². The zero-order valence-electron chi connectivity index (χ0n) is 31.0. The molecule has 1 amide bonds. The van der Waals surface area contributed by atoms with E-state index in [0.29, 0.717) is 24.2 Å². The number of unbranched alkanes of at least 4 members (excludes halogenated alkanes) is 2. The van der Waals surface area contributed by atoms with E-state index in [2.05, 4.69) is 87.5 Å². The molecule has 290 valence electrons. The molecule has 0 saturated carbocycles. The van der Waals surface area contributed by atoms with Gasteiger partial charge in [-0.25, -0.2) is 18.0 Å². The van der Waals surface area contributed by atoms with Gasteiger partial charge < -0.3 is 19.2 Å². The summed E-state index contributed by atoms with van der Waals surface area (Å²) in [6.45, 7) is 12.1. The molecule has 0 fully saturated rings. The second-order valence-electron chi connectivity index (χ2n) is 14.2. The van der Waals surface area contributed by atoms with Crippen LogP contribution in [0.4, 0.5) is 17.1 Å². The van der Waals surface area contributed by atoms with Crippen molar-refractivity contribution >= 4 is 60.3 Å². The zero-order valence-corrected chi connectivity index (χ0v) is 32.7. The first kappa shape index (κ1) is 40.7. The third-order valence-electron chi connectivity index (χ3n) is 10.0. The van der Waals surface area contributed by atoms with Crippen LogP contribution in [0.3, 0.4) is 0 Å². The first-order chi connectivity index (χ1) is 25.9. The van der Waals surface area contributed by atoms with Crippen molar-refractivity contribution in [1.29, 1.82) is 0 Å². The number of nitrogens with zero attached hydrogens (tertiary/aromatic N) is 2. The third-order valence-corrected chi connectivity index (χ3v) is 10.8.